The van der Waals surface area contributed by atoms with E-state index in [4.69, 9.17) is 9.15 Å². The Bertz CT molecular complexity index is 541. The molecular formula is C11H10F3N3O2. The highest BCUT2D eigenvalue weighted by Crippen LogP contribution is 2.28. The summed E-state index contributed by atoms with van der Waals surface area (Å²) in [4.78, 5) is 6.63. The SMILES string of the molecule is CNc1cc(OCc2ccco2)nc(C(F)(F)F)n1. The molecule has 0 aliphatic rings. The number of nitrogens with zero attached hydrogens (tertiary/aromatic N) is 2. The Labute approximate surface area is 106 Å². The van der Waals surface area contributed by atoms with Gasteiger partial charge in [-0.1, -0.05) is 0 Å². The maximum atomic E-state index is 12.6. The van der Waals surface area contributed by atoms with Crippen molar-refractivity contribution in [2.45, 2.75) is 12.8 Å². The van der Waals surface area contributed by atoms with Gasteiger partial charge in [-0.15, -0.1) is 0 Å². The minimum atomic E-state index is -4.63. The Morgan fingerprint density at radius 2 is 2.16 bits per heavy atom. The molecule has 0 aromatic carbocycles. The van der Waals surface area contributed by atoms with Crippen LogP contribution in [0.25, 0.3) is 0 Å². The number of halogens is 3. The van der Waals surface area contributed by atoms with E-state index in [2.05, 4.69) is 15.3 Å². The minimum Gasteiger partial charge on any atom is -0.469 e. The molecule has 2 aromatic heterocycles. The lowest BCUT2D eigenvalue weighted by Gasteiger charge is -2.10. The third kappa shape index (κ3) is 3.36. The van der Waals surface area contributed by atoms with E-state index in [0.717, 1.165) is 0 Å². The first kappa shape index (κ1) is 13.2. The van der Waals surface area contributed by atoms with Crippen LogP contribution in [0.2, 0.25) is 0 Å². The Morgan fingerprint density at radius 1 is 1.37 bits per heavy atom. The van der Waals surface area contributed by atoms with Gasteiger partial charge in [0.05, 0.1) is 6.26 Å². The minimum absolute atomic E-state index is 0.00946. The standard InChI is InChI=1S/C11H10F3N3O2/c1-15-8-5-9(17-10(16-8)11(12,13)14)19-6-7-3-2-4-18-7/h2-5H,6H2,1H3,(H,15,16,17). The van der Waals surface area contributed by atoms with Crippen LogP contribution in [0.3, 0.4) is 0 Å². The number of ether oxygens (including phenoxy) is 1. The topological polar surface area (TPSA) is 60.2 Å². The van der Waals surface area contributed by atoms with Crippen LogP contribution >= 0.6 is 0 Å². The van der Waals surface area contributed by atoms with Gasteiger partial charge in [0.1, 0.15) is 18.2 Å². The molecule has 0 spiro atoms. The molecule has 0 saturated heterocycles. The molecule has 0 saturated carbocycles. The zero-order valence-corrected chi connectivity index (χ0v) is 9.86. The molecule has 0 amide bonds. The van der Waals surface area contributed by atoms with Gasteiger partial charge in [-0.3, -0.25) is 0 Å². The number of anilines is 1. The lowest BCUT2D eigenvalue weighted by Crippen LogP contribution is -2.13. The number of nitrogens with one attached hydrogen (secondary N) is 1. The predicted molar refractivity (Wildman–Crippen MR) is 59.6 cm³/mol. The zero-order chi connectivity index (χ0) is 13.9. The first-order chi connectivity index (χ1) is 8.99. The van der Waals surface area contributed by atoms with E-state index < -0.39 is 12.0 Å². The van der Waals surface area contributed by atoms with E-state index in [1.807, 2.05) is 0 Å². The maximum Gasteiger partial charge on any atom is 0.451 e. The number of rotatable bonds is 4. The van der Waals surface area contributed by atoms with Gasteiger partial charge in [0.2, 0.25) is 11.7 Å². The van der Waals surface area contributed by atoms with Crippen molar-refractivity contribution >= 4 is 5.82 Å². The second-order valence-corrected chi connectivity index (χ2v) is 3.53. The smallest absolute Gasteiger partial charge is 0.451 e. The fraction of sp³-hybridized carbons (Fsp3) is 0.273. The summed E-state index contributed by atoms with van der Waals surface area (Å²) in [5.41, 5.74) is 0. The van der Waals surface area contributed by atoms with E-state index in [1.165, 1.54) is 19.4 Å². The predicted octanol–water partition coefficient (Wildman–Crippen LogP) is 2.71. The van der Waals surface area contributed by atoms with Gasteiger partial charge in [-0.25, -0.2) is 4.98 Å². The van der Waals surface area contributed by atoms with E-state index in [1.54, 1.807) is 12.1 Å². The molecule has 0 unspecified atom stereocenters. The molecule has 19 heavy (non-hydrogen) atoms. The molecule has 0 fully saturated rings. The van der Waals surface area contributed by atoms with Crippen molar-refractivity contribution < 1.29 is 22.3 Å². The molecule has 2 aromatic rings. The molecule has 0 atom stereocenters. The lowest BCUT2D eigenvalue weighted by atomic mass is 10.4. The van der Waals surface area contributed by atoms with Gasteiger partial charge < -0.3 is 14.5 Å². The average molecular weight is 273 g/mol. The molecule has 0 aliphatic carbocycles. The van der Waals surface area contributed by atoms with Gasteiger partial charge in [0, 0.05) is 13.1 Å². The molecule has 5 nitrogen and oxygen atoms in total. The quantitative estimate of drug-likeness (QED) is 0.928. The van der Waals surface area contributed by atoms with E-state index >= 15 is 0 Å². The van der Waals surface area contributed by atoms with Crippen LogP contribution < -0.4 is 10.1 Å². The number of hydrogen-bond acceptors (Lipinski definition) is 5. The van der Waals surface area contributed by atoms with Crippen LogP contribution in [0.15, 0.2) is 28.9 Å². The largest absolute Gasteiger partial charge is 0.469 e. The monoisotopic (exact) mass is 273 g/mol. The molecular weight excluding hydrogens is 263 g/mol. The highest BCUT2D eigenvalue weighted by atomic mass is 19.4. The fourth-order valence-electron chi connectivity index (χ4n) is 1.29. The summed E-state index contributed by atoms with van der Waals surface area (Å²) >= 11 is 0. The van der Waals surface area contributed by atoms with Gasteiger partial charge in [0.15, 0.2) is 0 Å². The molecule has 1 N–H and O–H groups in total. The van der Waals surface area contributed by atoms with Crippen molar-refractivity contribution in [3.63, 3.8) is 0 Å². The van der Waals surface area contributed by atoms with E-state index in [-0.39, 0.29) is 18.3 Å². The molecule has 0 radical (unpaired) electrons. The van der Waals surface area contributed by atoms with Gasteiger partial charge in [-0.2, -0.15) is 18.2 Å². The second-order valence-electron chi connectivity index (χ2n) is 3.53. The maximum absolute atomic E-state index is 12.6. The van der Waals surface area contributed by atoms with Crippen molar-refractivity contribution in [3.05, 3.63) is 36.0 Å². The lowest BCUT2D eigenvalue weighted by molar-refractivity contribution is -0.145. The van der Waals surface area contributed by atoms with Crippen LogP contribution in [-0.4, -0.2) is 17.0 Å². The molecule has 2 rings (SSSR count). The molecule has 2 heterocycles. The van der Waals surface area contributed by atoms with Crippen molar-refractivity contribution in [3.8, 4) is 5.88 Å². The summed E-state index contributed by atoms with van der Waals surface area (Å²) in [5.74, 6) is -0.924. The first-order valence-electron chi connectivity index (χ1n) is 5.28. The summed E-state index contributed by atoms with van der Waals surface area (Å²) in [6.45, 7) is -0.00946. The zero-order valence-electron chi connectivity index (χ0n) is 9.86. The number of furan rings is 1. The van der Waals surface area contributed by atoms with Crippen molar-refractivity contribution in [2.75, 3.05) is 12.4 Å². The van der Waals surface area contributed by atoms with Gasteiger partial charge in [0.25, 0.3) is 0 Å². The van der Waals surface area contributed by atoms with Gasteiger partial charge >= 0.3 is 6.18 Å². The summed E-state index contributed by atoms with van der Waals surface area (Å²) in [5, 5.41) is 2.52. The Balaban J connectivity index is 2.19. The van der Waals surface area contributed by atoms with Crippen molar-refractivity contribution in [2.24, 2.45) is 0 Å². The third-order valence-electron chi connectivity index (χ3n) is 2.15. The fourth-order valence-corrected chi connectivity index (χ4v) is 1.29. The van der Waals surface area contributed by atoms with Crippen molar-refractivity contribution in [1.82, 2.24) is 9.97 Å². The third-order valence-corrected chi connectivity index (χ3v) is 2.15. The number of hydrogen-bond donors (Lipinski definition) is 1. The van der Waals surface area contributed by atoms with Crippen LogP contribution in [-0.2, 0) is 12.8 Å². The molecule has 0 bridgehead atoms. The van der Waals surface area contributed by atoms with Gasteiger partial charge in [-0.05, 0) is 12.1 Å². The second kappa shape index (κ2) is 5.17. The van der Waals surface area contributed by atoms with Crippen molar-refractivity contribution in [1.29, 1.82) is 0 Å². The highest BCUT2D eigenvalue weighted by Gasteiger charge is 2.35. The van der Waals surface area contributed by atoms with Crippen LogP contribution in [0, 0.1) is 0 Å². The summed E-state index contributed by atoms with van der Waals surface area (Å²) in [7, 11) is 1.46. The number of aromatic nitrogens is 2. The summed E-state index contributed by atoms with van der Waals surface area (Å²) in [6.07, 6.45) is -3.19. The van der Waals surface area contributed by atoms with Crippen LogP contribution in [0.5, 0.6) is 5.88 Å². The summed E-state index contributed by atoms with van der Waals surface area (Å²) < 4.78 is 47.9. The van der Waals surface area contributed by atoms with E-state index in [9.17, 15) is 13.2 Å². The highest BCUT2D eigenvalue weighted by molar-refractivity contribution is 5.38. The Morgan fingerprint density at radius 3 is 2.74 bits per heavy atom. The molecule has 0 aliphatic heterocycles. The summed E-state index contributed by atoms with van der Waals surface area (Å²) in [6, 6.07) is 4.57. The van der Waals surface area contributed by atoms with Crippen LogP contribution in [0.1, 0.15) is 11.6 Å². The molecule has 8 heteroatoms. The first-order valence-corrected chi connectivity index (χ1v) is 5.28. The normalized spacial score (nSPS) is 11.4. The van der Waals surface area contributed by atoms with E-state index in [0.29, 0.717) is 5.76 Å². The molecule has 102 valence electrons. The Kier molecular flexibility index (Phi) is 3.59. The Hall–Kier alpha value is -2.25. The average Bonchev–Trinajstić information content (AvgIpc) is 2.88. The van der Waals surface area contributed by atoms with Crippen LogP contribution in [0.4, 0.5) is 19.0 Å². The number of alkyl halides is 3.